The number of hydrogen-bond acceptors (Lipinski definition) is 1. The Kier molecular flexibility index (Phi) is 16.9. The molecule has 0 saturated heterocycles. The van der Waals surface area contributed by atoms with Crippen LogP contribution >= 0.6 is 0 Å². The Morgan fingerprint density at radius 3 is 2.55 bits per heavy atom. The molecule has 0 aromatic heterocycles. The molecule has 0 bridgehead atoms. The zero-order valence-electron chi connectivity index (χ0n) is 6.23. The average Bonchev–Trinajstić information content (AvgIpc) is 2.19. The van der Waals surface area contributed by atoms with E-state index < -0.39 is 0 Å². The van der Waals surface area contributed by atoms with E-state index >= 15 is 0 Å². The van der Waals surface area contributed by atoms with Gasteiger partial charge >= 0.3 is 21.7 Å². The maximum absolute atomic E-state index is 5.12. The summed E-state index contributed by atoms with van der Waals surface area (Å²) >= 11 is 0. The number of ether oxygens (including phenoxy) is 1. The van der Waals surface area contributed by atoms with Crippen molar-refractivity contribution in [2.75, 3.05) is 6.61 Å². The van der Waals surface area contributed by atoms with E-state index in [1.165, 1.54) is 0 Å². The van der Waals surface area contributed by atoms with E-state index in [4.69, 9.17) is 4.74 Å². The maximum Gasteiger partial charge on any atom is 3.00 e. The fourth-order valence-electron chi connectivity index (χ4n) is 0.639. The third-order valence-electron chi connectivity index (χ3n) is 0.963. The monoisotopic (exact) mass is 227 g/mol. The molecular formula is C7H9Cl2OTi. The third-order valence-corrected chi connectivity index (χ3v) is 0.963. The van der Waals surface area contributed by atoms with E-state index in [9.17, 15) is 0 Å². The molecule has 0 heterocycles. The van der Waals surface area contributed by atoms with Crippen LogP contribution in [0.4, 0.5) is 0 Å². The molecule has 4 heteroatoms. The van der Waals surface area contributed by atoms with Gasteiger partial charge in [0, 0.05) is 0 Å². The average molecular weight is 228 g/mol. The minimum absolute atomic E-state index is 0. The SMILES string of the molecule is CCOC1=[C-]CC=C1.[Cl-].[Cl-].[Ti+3]. The Morgan fingerprint density at radius 1 is 1.55 bits per heavy atom. The van der Waals surface area contributed by atoms with Gasteiger partial charge in [0.25, 0.3) is 0 Å². The van der Waals surface area contributed by atoms with Gasteiger partial charge < -0.3 is 29.6 Å². The molecule has 0 aromatic rings. The van der Waals surface area contributed by atoms with Crippen molar-refractivity contribution >= 4 is 0 Å². The minimum atomic E-state index is 0. The van der Waals surface area contributed by atoms with Gasteiger partial charge in [-0.25, -0.2) is 6.08 Å². The van der Waals surface area contributed by atoms with Crippen molar-refractivity contribution in [2.45, 2.75) is 13.3 Å². The van der Waals surface area contributed by atoms with Crippen molar-refractivity contribution in [1.82, 2.24) is 0 Å². The third kappa shape index (κ3) is 6.95. The first-order chi connectivity index (χ1) is 3.93. The van der Waals surface area contributed by atoms with Gasteiger partial charge in [0.15, 0.2) is 0 Å². The summed E-state index contributed by atoms with van der Waals surface area (Å²) in [5.41, 5.74) is 0. The van der Waals surface area contributed by atoms with Crippen LogP contribution in [0, 0.1) is 6.08 Å². The van der Waals surface area contributed by atoms with E-state index in [-0.39, 0.29) is 46.5 Å². The van der Waals surface area contributed by atoms with E-state index in [0.29, 0.717) is 0 Å². The van der Waals surface area contributed by atoms with Gasteiger partial charge in [-0.2, -0.15) is 12.2 Å². The predicted molar refractivity (Wildman–Crippen MR) is 32.1 cm³/mol. The molecule has 0 saturated carbocycles. The summed E-state index contributed by atoms with van der Waals surface area (Å²) in [6.07, 6.45) is 7.93. The minimum Gasteiger partial charge on any atom is -1.00 e. The Balaban J connectivity index is -0.000000213. The molecule has 61 valence electrons. The molecule has 11 heavy (non-hydrogen) atoms. The normalized spacial score (nSPS) is 11.9. The first-order valence-corrected chi connectivity index (χ1v) is 2.83. The van der Waals surface area contributed by atoms with Crippen molar-refractivity contribution in [3.8, 4) is 0 Å². The molecule has 0 unspecified atom stereocenters. The van der Waals surface area contributed by atoms with Crippen molar-refractivity contribution < 1.29 is 51.3 Å². The molecule has 1 rings (SSSR count). The van der Waals surface area contributed by atoms with Crippen molar-refractivity contribution in [3.05, 3.63) is 24.0 Å². The zero-order chi connectivity index (χ0) is 5.82. The van der Waals surface area contributed by atoms with Gasteiger partial charge in [0.2, 0.25) is 0 Å². The molecule has 0 amide bonds. The molecule has 0 fully saturated rings. The predicted octanol–water partition coefficient (Wildman–Crippen LogP) is -4.32. The van der Waals surface area contributed by atoms with Crippen molar-refractivity contribution in [2.24, 2.45) is 0 Å². The molecule has 0 N–H and O–H groups in total. The first kappa shape index (κ1) is 17.6. The van der Waals surface area contributed by atoms with E-state index in [1.54, 1.807) is 0 Å². The standard InChI is InChI=1S/C7H9O.2ClH.Ti/c1-2-8-7-5-3-4-6-7;;;/h3,5H,2,4H2,1H3;2*1H;/q-1;;;+3/p-2. The van der Waals surface area contributed by atoms with E-state index in [2.05, 4.69) is 6.08 Å². The van der Waals surface area contributed by atoms with Crippen LogP contribution in [0.1, 0.15) is 13.3 Å². The zero-order valence-corrected chi connectivity index (χ0v) is 9.31. The van der Waals surface area contributed by atoms with Crippen molar-refractivity contribution in [3.63, 3.8) is 0 Å². The second kappa shape index (κ2) is 10.6. The van der Waals surface area contributed by atoms with Crippen LogP contribution < -0.4 is 24.8 Å². The molecule has 0 aliphatic heterocycles. The van der Waals surface area contributed by atoms with Crippen LogP contribution in [0.5, 0.6) is 0 Å². The van der Waals surface area contributed by atoms with Gasteiger partial charge in [0.05, 0.1) is 6.61 Å². The molecule has 1 aliphatic rings. The smallest absolute Gasteiger partial charge is 1.00 e. The number of halogens is 2. The Morgan fingerprint density at radius 2 is 2.18 bits per heavy atom. The second-order valence-corrected chi connectivity index (χ2v) is 1.58. The Bertz CT molecular complexity index is 134. The Hall–Kier alpha value is 0.574. The first-order valence-electron chi connectivity index (χ1n) is 2.83. The fourth-order valence-corrected chi connectivity index (χ4v) is 0.639. The maximum atomic E-state index is 5.12. The summed E-state index contributed by atoms with van der Waals surface area (Å²) in [5, 5.41) is 0. The number of rotatable bonds is 2. The fraction of sp³-hybridized carbons (Fsp3) is 0.429. The molecule has 1 aliphatic carbocycles. The van der Waals surface area contributed by atoms with Gasteiger partial charge in [-0.15, -0.1) is 6.42 Å². The molecule has 1 nitrogen and oxygen atoms in total. The molecule has 1 radical (unpaired) electrons. The van der Waals surface area contributed by atoms with Crippen LogP contribution in [0.2, 0.25) is 0 Å². The van der Waals surface area contributed by atoms with Gasteiger partial charge in [-0.3, -0.25) is 0 Å². The topological polar surface area (TPSA) is 9.23 Å². The number of hydrogen-bond donors (Lipinski definition) is 0. The summed E-state index contributed by atoms with van der Waals surface area (Å²) in [5.74, 6) is 0.896. The summed E-state index contributed by atoms with van der Waals surface area (Å²) < 4.78 is 5.12. The van der Waals surface area contributed by atoms with E-state index in [1.807, 2.05) is 19.1 Å². The summed E-state index contributed by atoms with van der Waals surface area (Å²) in [7, 11) is 0. The van der Waals surface area contributed by atoms with Crippen LogP contribution in [-0.2, 0) is 26.5 Å². The second-order valence-electron chi connectivity index (χ2n) is 1.58. The van der Waals surface area contributed by atoms with Gasteiger partial charge in [0.1, 0.15) is 0 Å². The summed E-state index contributed by atoms with van der Waals surface area (Å²) in [6.45, 7) is 2.72. The molecular weight excluding hydrogens is 219 g/mol. The van der Waals surface area contributed by atoms with Crippen LogP contribution in [0.15, 0.2) is 17.9 Å². The Labute approximate surface area is 95.0 Å². The van der Waals surface area contributed by atoms with Gasteiger partial charge in [-0.1, -0.05) is 5.76 Å². The van der Waals surface area contributed by atoms with E-state index in [0.717, 1.165) is 18.8 Å². The largest absolute Gasteiger partial charge is 3.00 e. The van der Waals surface area contributed by atoms with Crippen LogP contribution in [0.25, 0.3) is 0 Å². The summed E-state index contributed by atoms with van der Waals surface area (Å²) in [4.78, 5) is 0. The quantitative estimate of drug-likeness (QED) is 0.343. The summed E-state index contributed by atoms with van der Waals surface area (Å²) in [6, 6.07) is 0. The van der Waals surface area contributed by atoms with Crippen molar-refractivity contribution in [1.29, 1.82) is 0 Å². The molecule has 0 spiro atoms. The molecule has 0 atom stereocenters. The van der Waals surface area contributed by atoms with Crippen LogP contribution in [-0.4, -0.2) is 6.61 Å². The van der Waals surface area contributed by atoms with Crippen LogP contribution in [0.3, 0.4) is 0 Å². The molecule has 0 aromatic carbocycles. The van der Waals surface area contributed by atoms with Gasteiger partial charge in [-0.05, 0) is 6.92 Å². The number of allylic oxidation sites excluding steroid dienone is 3.